The molecule has 25 heavy (non-hydrogen) atoms. The van der Waals surface area contributed by atoms with Crippen molar-refractivity contribution in [3.05, 3.63) is 52.8 Å². The van der Waals surface area contributed by atoms with Crippen LogP contribution in [0.2, 0.25) is 0 Å². The standard InChI is InChI=1S/C20H22FNO3/c1-3-25-20(23)11-13-4-5-16(19(10-13)24-2)14-6-7-18(21)15-8-9-22-12-17(14)15/h4-7,10,22H,3,8-9,11-12H2,1-2H3. The highest BCUT2D eigenvalue weighted by molar-refractivity contribution is 5.77. The van der Waals surface area contributed by atoms with Gasteiger partial charge in [-0.25, -0.2) is 4.39 Å². The zero-order valence-corrected chi connectivity index (χ0v) is 14.5. The summed E-state index contributed by atoms with van der Waals surface area (Å²) < 4.78 is 24.6. The number of hydrogen-bond acceptors (Lipinski definition) is 4. The van der Waals surface area contributed by atoms with E-state index >= 15 is 0 Å². The first-order valence-electron chi connectivity index (χ1n) is 8.48. The SMILES string of the molecule is CCOC(=O)Cc1ccc(-c2ccc(F)c3c2CNCC3)c(OC)c1. The molecule has 2 aromatic carbocycles. The molecule has 0 fully saturated rings. The highest BCUT2D eigenvalue weighted by Gasteiger charge is 2.20. The molecular formula is C20H22FNO3. The van der Waals surface area contributed by atoms with Crippen LogP contribution in [-0.4, -0.2) is 26.2 Å². The molecule has 0 saturated heterocycles. The minimum atomic E-state index is -0.263. The lowest BCUT2D eigenvalue weighted by Gasteiger charge is -2.22. The number of benzene rings is 2. The van der Waals surface area contributed by atoms with Crippen LogP contribution in [0.3, 0.4) is 0 Å². The Hall–Kier alpha value is -2.40. The number of hydrogen-bond donors (Lipinski definition) is 1. The monoisotopic (exact) mass is 343 g/mol. The highest BCUT2D eigenvalue weighted by Crippen LogP contribution is 2.36. The van der Waals surface area contributed by atoms with Gasteiger partial charge in [-0.1, -0.05) is 18.2 Å². The summed E-state index contributed by atoms with van der Waals surface area (Å²) in [6, 6.07) is 8.98. The Bertz CT molecular complexity index is 789. The molecule has 0 amide bonds. The van der Waals surface area contributed by atoms with Gasteiger partial charge in [-0.15, -0.1) is 0 Å². The summed E-state index contributed by atoms with van der Waals surface area (Å²) in [6.07, 6.45) is 0.881. The van der Waals surface area contributed by atoms with E-state index < -0.39 is 0 Å². The molecule has 132 valence electrons. The van der Waals surface area contributed by atoms with Crippen molar-refractivity contribution in [1.82, 2.24) is 5.32 Å². The molecule has 0 saturated carbocycles. The molecule has 1 aliphatic heterocycles. The van der Waals surface area contributed by atoms with Crippen molar-refractivity contribution in [2.45, 2.75) is 26.3 Å². The third-order valence-corrected chi connectivity index (χ3v) is 4.44. The average molecular weight is 343 g/mol. The minimum Gasteiger partial charge on any atom is -0.496 e. The topological polar surface area (TPSA) is 47.6 Å². The average Bonchev–Trinajstić information content (AvgIpc) is 2.63. The number of ether oxygens (including phenoxy) is 2. The largest absolute Gasteiger partial charge is 0.496 e. The summed E-state index contributed by atoms with van der Waals surface area (Å²) in [7, 11) is 1.60. The molecule has 1 aliphatic rings. The first-order valence-corrected chi connectivity index (χ1v) is 8.48. The van der Waals surface area contributed by atoms with Crippen molar-refractivity contribution in [3.8, 4) is 16.9 Å². The molecular weight excluding hydrogens is 321 g/mol. The van der Waals surface area contributed by atoms with Crippen LogP contribution in [0.25, 0.3) is 11.1 Å². The third-order valence-electron chi connectivity index (χ3n) is 4.44. The maximum absolute atomic E-state index is 14.1. The van der Waals surface area contributed by atoms with Crippen molar-refractivity contribution in [1.29, 1.82) is 0 Å². The molecule has 0 atom stereocenters. The zero-order chi connectivity index (χ0) is 17.8. The summed E-state index contributed by atoms with van der Waals surface area (Å²) in [5.74, 6) is 0.250. The predicted molar refractivity (Wildman–Crippen MR) is 94.1 cm³/mol. The highest BCUT2D eigenvalue weighted by atomic mass is 19.1. The van der Waals surface area contributed by atoms with Crippen LogP contribution in [0.1, 0.15) is 23.6 Å². The Kier molecular flexibility index (Phi) is 5.34. The van der Waals surface area contributed by atoms with E-state index in [0.717, 1.165) is 34.4 Å². The Labute approximate surface area is 147 Å². The maximum Gasteiger partial charge on any atom is 0.310 e. The Morgan fingerprint density at radius 1 is 1.20 bits per heavy atom. The van der Waals surface area contributed by atoms with Crippen LogP contribution < -0.4 is 10.1 Å². The van der Waals surface area contributed by atoms with E-state index in [1.54, 1.807) is 20.1 Å². The van der Waals surface area contributed by atoms with Crippen molar-refractivity contribution in [3.63, 3.8) is 0 Å². The minimum absolute atomic E-state index is 0.154. The van der Waals surface area contributed by atoms with Gasteiger partial charge in [0.05, 0.1) is 20.1 Å². The van der Waals surface area contributed by atoms with E-state index in [1.165, 1.54) is 6.07 Å². The molecule has 0 aromatic heterocycles. The van der Waals surface area contributed by atoms with Crippen LogP contribution in [0.4, 0.5) is 4.39 Å². The summed E-state index contributed by atoms with van der Waals surface area (Å²) in [6.45, 7) is 3.56. The smallest absolute Gasteiger partial charge is 0.310 e. The van der Waals surface area contributed by atoms with E-state index in [2.05, 4.69) is 5.32 Å². The first-order chi connectivity index (χ1) is 12.1. The third kappa shape index (κ3) is 3.66. The number of carbonyl (C=O) groups is 1. The summed E-state index contributed by atoms with van der Waals surface area (Å²) >= 11 is 0. The maximum atomic E-state index is 14.1. The van der Waals surface area contributed by atoms with E-state index in [9.17, 15) is 9.18 Å². The molecule has 0 unspecified atom stereocenters. The van der Waals surface area contributed by atoms with E-state index in [1.807, 2.05) is 18.2 Å². The van der Waals surface area contributed by atoms with Crippen LogP contribution >= 0.6 is 0 Å². The lowest BCUT2D eigenvalue weighted by molar-refractivity contribution is -0.142. The van der Waals surface area contributed by atoms with Crippen LogP contribution in [0, 0.1) is 5.82 Å². The van der Waals surface area contributed by atoms with Gasteiger partial charge in [0.1, 0.15) is 11.6 Å². The molecule has 0 bridgehead atoms. The fourth-order valence-electron chi connectivity index (χ4n) is 3.26. The second-order valence-corrected chi connectivity index (χ2v) is 6.00. The molecule has 0 spiro atoms. The number of carbonyl (C=O) groups excluding carboxylic acids is 1. The van der Waals surface area contributed by atoms with Crippen molar-refractivity contribution < 1.29 is 18.7 Å². The van der Waals surface area contributed by atoms with Gasteiger partial charge in [0.2, 0.25) is 0 Å². The van der Waals surface area contributed by atoms with Gasteiger partial charge < -0.3 is 14.8 Å². The quantitative estimate of drug-likeness (QED) is 0.847. The molecule has 5 heteroatoms. The fourth-order valence-corrected chi connectivity index (χ4v) is 3.26. The Morgan fingerprint density at radius 2 is 2.00 bits per heavy atom. The Balaban J connectivity index is 1.99. The van der Waals surface area contributed by atoms with Crippen molar-refractivity contribution in [2.24, 2.45) is 0 Å². The second kappa shape index (κ2) is 7.66. The van der Waals surface area contributed by atoms with Gasteiger partial charge in [0.15, 0.2) is 0 Å². The molecule has 4 nitrogen and oxygen atoms in total. The predicted octanol–water partition coefficient (Wildman–Crippen LogP) is 3.25. The molecule has 0 radical (unpaired) electrons. The number of methoxy groups -OCH3 is 1. The fraction of sp³-hybridized carbons (Fsp3) is 0.350. The van der Waals surface area contributed by atoms with E-state index in [4.69, 9.17) is 9.47 Å². The molecule has 0 aliphatic carbocycles. The van der Waals surface area contributed by atoms with Crippen molar-refractivity contribution >= 4 is 5.97 Å². The van der Waals surface area contributed by atoms with Gasteiger partial charge in [-0.2, -0.15) is 0 Å². The number of rotatable bonds is 5. The molecule has 1 N–H and O–H groups in total. The van der Waals surface area contributed by atoms with Gasteiger partial charge in [-0.3, -0.25) is 4.79 Å². The first kappa shape index (κ1) is 17.4. The van der Waals surface area contributed by atoms with Gasteiger partial charge >= 0.3 is 5.97 Å². The van der Waals surface area contributed by atoms with Gasteiger partial charge in [-0.05, 0) is 54.3 Å². The zero-order valence-electron chi connectivity index (χ0n) is 14.5. The number of halogens is 1. The lowest BCUT2D eigenvalue weighted by Crippen LogP contribution is -2.25. The van der Waals surface area contributed by atoms with Crippen molar-refractivity contribution in [2.75, 3.05) is 20.3 Å². The number of esters is 1. The summed E-state index contributed by atoms with van der Waals surface area (Å²) in [4.78, 5) is 11.7. The van der Waals surface area contributed by atoms with E-state index in [0.29, 0.717) is 25.3 Å². The lowest BCUT2D eigenvalue weighted by atomic mass is 9.90. The van der Waals surface area contributed by atoms with Crippen LogP contribution in [-0.2, 0) is 28.9 Å². The van der Waals surface area contributed by atoms with Crippen LogP contribution in [0.5, 0.6) is 5.75 Å². The summed E-state index contributed by atoms with van der Waals surface area (Å²) in [5.41, 5.74) is 4.43. The molecule has 2 aromatic rings. The second-order valence-electron chi connectivity index (χ2n) is 6.00. The van der Waals surface area contributed by atoms with E-state index in [-0.39, 0.29) is 18.2 Å². The normalized spacial score (nSPS) is 13.2. The summed E-state index contributed by atoms with van der Waals surface area (Å²) in [5, 5.41) is 3.30. The molecule has 1 heterocycles. The van der Waals surface area contributed by atoms with Crippen LogP contribution in [0.15, 0.2) is 30.3 Å². The van der Waals surface area contributed by atoms with Gasteiger partial charge in [0, 0.05) is 12.1 Å². The molecule has 3 rings (SSSR count). The Morgan fingerprint density at radius 3 is 2.76 bits per heavy atom. The van der Waals surface area contributed by atoms with Gasteiger partial charge in [0.25, 0.3) is 0 Å². The number of nitrogens with one attached hydrogen (secondary N) is 1. The number of fused-ring (bicyclic) bond motifs is 1.